The zero-order chi connectivity index (χ0) is 20.3. The van der Waals surface area contributed by atoms with Gasteiger partial charge in [-0.05, 0) is 88.4 Å². The third-order valence-corrected chi connectivity index (χ3v) is 9.33. The molecule has 1 saturated heterocycles. The first-order chi connectivity index (χ1) is 14.5. The molecule has 168 valence electrons. The lowest BCUT2D eigenvalue weighted by Crippen LogP contribution is -2.59. The first-order valence-corrected chi connectivity index (χ1v) is 12.6. The molecule has 6 heteroatoms. The second-order valence-electron chi connectivity index (χ2n) is 11.6. The highest BCUT2D eigenvalue weighted by molar-refractivity contribution is 5.76. The predicted octanol–water partition coefficient (Wildman–Crippen LogP) is 3.78. The summed E-state index contributed by atoms with van der Waals surface area (Å²) in [5.74, 6) is 2.09. The Balaban J connectivity index is 1.08. The smallest absolute Gasteiger partial charge is 0.220 e. The van der Waals surface area contributed by atoms with Gasteiger partial charge in [-0.1, -0.05) is 0 Å². The molecule has 0 aromatic heterocycles. The largest absolute Gasteiger partial charge is 0.353 e. The van der Waals surface area contributed by atoms with Gasteiger partial charge in [0.15, 0.2) is 0 Å². The van der Waals surface area contributed by atoms with Crippen molar-refractivity contribution in [2.45, 2.75) is 114 Å². The fourth-order valence-electron chi connectivity index (χ4n) is 8.07. The highest BCUT2D eigenvalue weighted by Crippen LogP contribution is 2.64. The van der Waals surface area contributed by atoms with Gasteiger partial charge >= 0.3 is 0 Å². The van der Waals surface area contributed by atoms with Crippen molar-refractivity contribution in [1.82, 2.24) is 5.32 Å². The minimum absolute atomic E-state index is 0.181. The van der Waals surface area contributed by atoms with Crippen LogP contribution in [-0.4, -0.2) is 29.6 Å². The van der Waals surface area contributed by atoms with E-state index in [-0.39, 0.29) is 5.91 Å². The summed E-state index contributed by atoms with van der Waals surface area (Å²) in [6.07, 6.45) is 14.8. The summed E-state index contributed by atoms with van der Waals surface area (Å²) in [6.45, 7) is 0. The molecular formula is C24H38N2O4. The van der Waals surface area contributed by atoms with Crippen LogP contribution in [-0.2, 0) is 19.3 Å². The molecule has 6 aliphatic carbocycles. The second-order valence-corrected chi connectivity index (χ2v) is 11.6. The number of hydrogen-bond acceptors (Lipinski definition) is 5. The SMILES string of the molecule is NC1CCC(NC(=O)C[C@@H]2CCC[C@]3(C2)OOC2(O3)C3CC4CC(C3)CC2C4)CC1. The fraction of sp³-hybridized carbons (Fsp3) is 0.958. The van der Waals surface area contributed by atoms with Gasteiger partial charge in [-0.3, -0.25) is 4.79 Å². The van der Waals surface area contributed by atoms with Crippen LogP contribution in [0.4, 0.5) is 0 Å². The molecule has 6 nitrogen and oxygen atoms in total. The lowest BCUT2D eigenvalue weighted by Gasteiger charge is -2.57. The third-order valence-electron chi connectivity index (χ3n) is 9.33. The van der Waals surface area contributed by atoms with Gasteiger partial charge in [0.2, 0.25) is 17.5 Å². The number of carbonyl (C=O) groups excluding carboxylic acids is 1. The molecule has 3 N–H and O–H groups in total. The van der Waals surface area contributed by atoms with Crippen molar-refractivity contribution in [2.75, 3.05) is 0 Å². The summed E-state index contributed by atoms with van der Waals surface area (Å²) < 4.78 is 6.84. The molecule has 1 heterocycles. The molecule has 7 fully saturated rings. The van der Waals surface area contributed by atoms with Crippen LogP contribution in [0.25, 0.3) is 0 Å². The number of rotatable bonds is 3. The first kappa shape index (κ1) is 20.0. The van der Waals surface area contributed by atoms with E-state index in [9.17, 15) is 4.79 Å². The molecule has 0 aromatic carbocycles. The summed E-state index contributed by atoms with van der Waals surface area (Å²) in [5.41, 5.74) is 5.99. The van der Waals surface area contributed by atoms with E-state index in [0.717, 1.165) is 63.2 Å². The van der Waals surface area contributed by atoms with Crippen molar-refractivity contribution in [2.24, 2.45) is 35.3 Å². The van der Waals surface area contributed by atoms with Crippen molar-refractivity contribution in [3.8, 4) is 0 Å². The predicted molar refractivity (Wildman–Crippen MR) is 111 cm³/mol. The summed E-state index contributed by atoms with van der Waals surface area (Å²) in [4.78, 5) is 24.9. The minimum Gasteiger partial charge on any atom is -0.353 e. The average molecular weight is 419 g/mol. The molecule has 4 bridgehead atoms. The number of carbonyl (C=O) groups is 1. The van der Waals surface area contributed by atoms with E-state index >= 15 is 0 Å². The lowest BCUT2D eigenvalue weighted by molar-refractivity contribution is -0.390. The Labute approximate surface area is 179 Å². The topological polar surface area (TPSA) is 82.8 Å². The van der Waals surface area contributed by atoms with E-state index in [1.54, 1.807) is 0 Å². The molecule has 0 unspecified atom stereocenters. The Hall–Kier alpha value is -0.690. The molecule has 7 rings (SSSR count). The van der Waals surface area contributed by atoms with E-state index in [1.807, 2.05) is 0 Å². The van der Waals surface area contributed by atoms with Crippen LogP contribution in [0.5, 0.6) is 0 Å². The Morgan fingerprint density at radius 1 is 0.933 bits per heavy atom. The van der Waals surface area contributed by atoms with Crippen molar-refractivity contribution < 1.29 is 19.3 Å². The van der Waals surface area contributed by atoms with Gasteiger partial charge in [0.25, 0.3) is 0 Å². The fourth-order valence-corrected chi connectivity index (χ4v) is 8.07. The standard InChI is InChI=1S/C24H38N2O4/c25-20-3-5-21(6-4-20)26-22(27)13-15-2-1-7-23(14-15)28-24(30-29-23)18-9-16-8-17(11-18)12-19(24)10-16/h15-21H,1-14,25H2,(H,26,27)/t15-,16?,17?,18?,19?,20?,21?,23+,24?/m0/s1. The molecule has 2 atom stereocenters. The van der Waals surface area contributed by atoms with E-state index in [2.05, 4.69) is 5.32 Å². The zero-order valence-corrected chi connectivity index (χ0v) is 18.2. The van der Waals surface area contributed by atoms with Crippen molar-refractivity contribution in [3.63, 3.8) is 0 Å². The maximum absolute atomic E-state index is 12.7. The van der Waals surface area contributed by atoms with Crippen LogP contribution in [0.15, 0.2) is 0 Å². The number of amides is 1. The van der Waals surface area contributed by atoms with Gasteiger partial charge in [0, 0.05) is 43.2 Å². The van der Waals surface area contributed by atoms with Crippen molar-refractivity contribution in [3.05, 3.63) is 0 Å². The first-order valence-electron chi connectivity index (χ1n) is 12.6. The van der Waals surface area contributed by atoms with Crippen LogP contribution < -0.4 is 11.1 Å². The Morgan fingerprint density at radius 2 is 1.63 bits per heavy atom. The third kappa shape index (κ3) is 3.42. The molecule has 7 aliphatic rings. The van der Waals surface area contributed by atoms with Crippen molar-refractivity contribution >= 4 is 5.91 Å². The minimum atomic E-state index is -0.629. The highest BCUT2D eigenvalue weighted by atomic mass is 17.3. The van der Waals surface area contributed by atoms with Crippen LogP contribution in [0.1, 0.15) is 89.9 Å². The number of ether oxygens (including phenoxy) is 1. The van der Waals surface area contributed by atoms with E-state index in [0.29, 0.717) is 36.3 Å². The van der Waals surface area contributed by atoms with Gasteiger partial charge in [0.1, 0.15) is 0 Å². The summed E-state index contributed by atoms with van der Waals surface area (Å²) in [5, 5.41) is 3.26. The lowest BCUT2D eigenvalue weighted by atomic mass is 9.53. The van der Waals surface area contributed by atoms with Crippen LogP contribution >= 0.6 is 0 Å². The van der Waals surface area contributed by atoms with E-state index < -0.39 is 11.6 Å². The van der Waals surface area contributed by atoms with Crippen molar-refractivity contribution in [1.29, 1.82) is 0 Å². The molecule has 1 amide bonds. The van der Waals surface area contributed by atoms with Gasteiger partial charge < -0.3 is 15.8 Å². The Morgan fingerprint density at radius 3 is 2.33 bits per heavy atom. The monoisotopic (exact) mass is 418 g/mol. The summed E-state index contributed by atoms with van der Waals surface area (Å²) >= 11 is 0. The molecular weight excluding hydrogens is 380 g/mol. The zero-order valence-electron chi connectivity index (χ0n) is 18.2. The quantitative estimate of drug-likeness (QED) is 0.682. The van der Waals surface area contributed by atoms with E-state index in [4.69, 9.17) is 20.2 Å². The Kier molecular flexibility index (Phi) is 4.94. The van der Waals surface area contributed by atoms with Gasteiger partial charge in [-0.15, -0.1) is 0 Å². The molecule has 6 saturated carbocycles. The second kappa shape index (κ2) is 7.43. The number of hydrogen-bond donors (Lipinski definition) is 2. The van der Waals surface area contributed by atoms with Gasteiger partial charge in [0.05, 0.1) is 0 Å². The van der Waals surface area contributed by atoms with E-state index in [1.165, 1.54) is 32.1 Å². The maximum atomic E-state index is 12.7. The molecule has 1 aliphatic heterocycles. The summed E-state index contributed by atoms with van der Waals surface area (Å²) in [7, 11) is 0. The maximum Gasteiger partial charge on any atom is 0.220 e. The van der Waals surface area contributed by atoms with Crippen LogP contribution in [0.2, 0.25) is 0 Å². The van der Waals surface area contributed by atoms with Crippen LogP contribution in [0, 0.1) is 29.6 Å². The van der Waals surface area contributed by atoms with Gasteiger partial charge in [-0.25, -0.2) is 0 Å². The molecule has 2 spiro atoms. The van der Waals surface area contributed by atoms with Gasteiger partial charge in [-0.2, -0.15) is 9.78 Å². The highest BCUT2D eigenvalue weighted by Gasteiger charge is 2.67. The molecule has 0 aromatic rings. The number of nitrogens with two attached hydrogens (primary N) is 1. The summed E-state index contributed by atoms with van der Waals surface area (Å²) in [6, 6.07) is 0.610. The Bertz CT molecular complexity index is 648. The number of nitrogens with one attached hydrogen (secondary N) is 1. The molecule has 0 radical (unpaired) electrons. The normalized spacial score (nSPS) is 52.2. The average Bonchev–Trinajstić information content (AvgIpc) is 3.07. The van der Waals surface area contributed by atoms with Crippen LogP contribution in [0.3, 0.4) is 0 Å². The molecule has 30 heavy (non-hydrogen) atoms.